The number of ether oxygens (including phenoxy) is 1. The molecule has 1 aromatic carbocycles. The molecule has 0 N–H and O–H groups in total. The van der Waals surface area contributed by atoms with Crippen molar-refractivity contribution in [3.8, 4) is 17.2 Å². The second kappa shape index (κ2) is 8.01. The fraction of sp³-hybridized carbons (Fsp3) is 0.304. The smallest absolute Gasteiger partial charge is 0.250 e. The predicted octanol–water partition coefficient (Wildman–Crippen LogP) is 5.18. The van der Waals surface area contributed by atoms with Gasteiger partial charge in [-0.2, -0.15) is 0 Å². The number of nitrogens with zero attached hydrogens (tertiary/aromatic N) is 2. The lowest BCUT2D eigenvalue weighted by Crippen LogP contribution is -2.41. The van der Waals surface area contributed by atoms with Gasteiger partial charge in [-0.1, -0.05) is 0 Å². The third kappa shape index (κ3) is 4.31. The van der Waals surface area contributed by atoms with E-state index in [9.17, 15) is 13.6 Å². The van der Waals surface area contributed by atoms with Gasteiger partial charge in [0.05, 0.1) is 5.39 Å². The minimum Gasteiger partial charge on any atom is -0.492 e. The van der Waals surface area contributed by atoms with Crippen molar-refractivity contribution in [2.75, 3.05) is 26.2 Å². The number of pyridine rings is 1. The van der Waals surface area contributed by atoms with Crippen LogP contribution in [0.1, 0.15) is 12.8 Å². The summed E-state index contributed by atoms with van der Waals surface area (Å²) >= 11 is 1.61. The number of fused-ring (bicyclic) bond motifs is 2. The highest BCUT2D eigenvalue weighted by molar-refractivity contribution is 7.17. The summed E-state index contributed by atoms with van der Waals surface area (Å²) in [6.07, 6.45) is 1.55. The molecule has 0 bridgehead atoms. The molecule has 0 spiro atoms. The molecular formula is C23H20F2N2O3S. The number of hydrogen-bond donors (Lipinski definition) is 0. The van der Waals surface area contributed by atoms with Gasteiger partial charge in [-0.3, -0.25) is 14.7 Å². The monoisotopic (exact) mass is 442 g/mol. The van der Waals surface area contributed by atoms with Crippen molar-refractivity contribution in [3.05, 3.63) is 58.2 Å². The second-order valence-electron chi connectivity index (χ2n) is 7.71. The number of rotatable bonds is 5. The van der Waals surface area contributed by atoms with Crippen molar-refractivity contribution in [3.63, 3.8) is 0 Å². The first-order valence-electron chi connectivity index (χ1n) is 10.1. The maximum absolute atomic E-state index is 13.2. The van der Waals surface area contributed by atoms with Crippen LogP contribution >= 0.6 is 11.3 Å². The normalized spacial score (nSPS) is 16.7. The number of piperidine rings is 1. The molecule has 160 valence electrons. The van der Waals surface area contributed by atoms with Gasteiger partial charge in [-0.25, -0.2) is 8.78 Å². The standard InChI is InChI=1S/C23H20F2N2O3S/c24-23(25)4-6-27(7-5-23)8-9-29-16-1-2-20-17(11-16)19(28)13-21(30-20)18-12-22-15(14-26-18)3-10-31-22/h1-3,10-14H,4-9H2. The molecule has 0 radical (unpaired) electrons. The highest BCUT2D eigenvalue weighted by Gasteiger charge is 2.33. The van der Waals surface area contributed by atoms with Gasteiger partial charge in [-0.15, -0.1) is 11.3 Å². The van der Waals surface area contributed by atoms with E-state index >= 15 is 0 Å². The summed E-state index contributed by atoms with van der Waals surface area (Å²) in [5.74, 6) is -1.58. The molecule has 1 fully saturated rings. The molecule has 0 saturated carbocycles. The van der Waals surface area contributed by atoms with Crippen molar-refractivity contribution in [1.29, 1.82) is 0 Å². The van der Waals surface area contributed by atoms with E-state index in [2.05, 4.69) is 4.98 Å². The van der Waals surface area contributed by atoms with Crippen molar-refractivity contribution < 1.29 is 17.9 Å². The Morgan fingerprint density at radius 2 is 2.00 bits per heavy atom. The Morgan fingerprint density at radius 1 is 1.16 bits per heavy atom. The van der Waals surface area contributed by atoms with Crippen LogP contribution in [0, 0.1) is 0 Å². The van der Waals surface area contributed by atoms with E-state index in [1.165, 1.54) is 6.07 Å². The third-order valence-corrected chi connectivity index (χ3v) is 6.43. The van der Waals surface area contributed by atoms with E-state index in [0.29, 0.717) is 54.4 Å². The zero-order chi connectivity index (χ0) is 21.4. The van der Waals surface area contributed by atoms with Crippen LogP contribution in [0.3, 0.4) is 0 Å². The van der Waals surface area contributed by atoms with Crippen LogP contribution in [0.15, 0.2) is 57.2 Å². The molecular weight excluding hydrogens is 422 g/mol. The average molecular weight is 442 g/mol. The molecule has 0 amide bonds. The number of alkyl halides is 2. The van der Waals surface area contributed by atoms with E-state index in [1.807, 2.05) is 22.4 Å². The van der Waals surface area contributed by atoms with E-state index in [1.54, 1.807) is 35.7 Å². The Hall–Kier alpha value is -2.84. The zero-order valence-electron chi connectivity index (χ0n) is 16.6. The molecule has 1 aliphatic rings. The molecule has 0 atom stereocenters. The summed E-state index contributed by atoms with van der Waals surface area (Å²) < 4.78 is 39.3. The Bertz CT molecular complexity index is 1290. The largest absolute Gasteiger partial charge is 0.492 e. The van der Waals surface area contributed by atoms with Gasteiger partial charge < -0.3 is 9.15 Å². The van der Waals surface area contributed by atoms with Gasteiger partial charge in [0.1, 0.15) is 23.6 Å². The number of halogens is 2. The molecule has 3 aromatic heterocycles. The van der Waals surface area contributed by atoms with Gasteiger partial charge in [0.2, 0.25) is 0 Å². The maximum atomic E-state index is 13.2. The number of benzene rings is 1. The highest BCUT2D eigenvalue weighted by atomic mass is 32.1. The lowest BCUT2D eigenvalue weighted by Gasteiger charge is -2.31. The topological polar surface area (TPSA) is 55.6 Å². The Morgan fingerprint density at radius 3 is 2.84 bits per heavy atom. The Kier molecular flexibility index (Phi) is 5.19. The summed E-state index contributed by atoms with van der Waals surface area (Å²) in [7, 11) is 0. The summed E-state index contributed by atoms with van der Waals surface area (Å²) in [6.45, 7) is 1.67. The molecule has 5 rings (SSSR count). The number of aromatic nitrogens is 1. The van der Waals surface area contributed by atoms with Gasteiger partial charge in [0.15, 0.2) is 11.2 Å². The average Bonchev–Trinajstić information content (AvgIpc) is 3.23. The fourth-order valence-electron chi connectivity index (χ4n) is 3.74. The SMILES string of the molecule is O=c1cc(-c2cc3sccc3cn2)oc2ccc(OCCN3CCC(F)(F)CC3)cc12. The van der Waals surface area contributed by atoms with Crippen LogP contribution in [0.4, 0.5) is 8.78 Å². The Balaban J connectivity index is 1.30. The molecule has 1 aliphatic heterocycles. The van der Waals surface area contributed by atoms with Gasteiger partial charge >= 0.3 is 0 Å². The van der Waals surface area contributed by atoms with E-state index in [0.717, 1.165) is 10.1 Å². The van der Waals surface area contributed by atoms with Gasteiger partial charge in [-0.05, 0) is 35.7 Å². The minimum atomic E-state index is -2.55. The third-order valence-electron chi connectivity index (χ3n) is 5.55. The first kappa shape index (κ1) is 20.1. The first-order valence-corrected chi connectivity index (χ1v) is 11.0. The molecule has 8 heteroatoms. The molecule has 4 aromatic rings. The van der Waals surface area contributed by atoms with Crippen LogP contribution in [-0.4, -0.2) is 42.0 Å². The van der Waals surface area contributed by atoms with Crippen molar-refractivity contribution in [2.45, 2.75) is 18.8 Å². The van der Waals surface area contributed by atoms with Crippen LogP contribution in [0.2, 0.25) is 0 Å². The summed E-state index contributed by atoms with van der Waals surface area (Å²) in [4.78, 5) is 19.1. The lowest BCUT2D eigenvalue weighted by atomic mass is 10.1. The van der Waals surface area contributed by atoms with Crippen molar-refractivity contribution >= 4 is 32.4 Å². The van der Waals surface area contributed by atoms with Crippen LogP contribution < -0.4 is 10.2 Å². The molecule has 0 unspecified atom stereocenters. The van der Waals surface area contributed by atoms with Gasteiger partial charge in [0.25, 0.3) is 5.92 Å². The highest BCUT2D eigenvalue weighted by Crippen LogP contribution is 2.29. The van der Waals surface area contributed by atoms with Crippen molar-refractivity contribution in [1.82, 2.24) is 9.88 Å². The lowest BCUT2D eigenvalue weighted by molar-refractivity contribution is -0.0564. The summed E-state index contributed by atoms with van der Waals surface area (Å²) in [5, 5.41) is 3.47. The number of hydrogen-bond acceptors (Lipinski definition) is 6. The van der Waals surface area contributed by atoms with Crippen LogP contribution in [0.25, 0.3) is 32.5 Å². The van der Waals surface area contributed by atoms with Crippen molar-refractivity contribution in [2.24, 2.45) is 0 Å². The number of thiophene rings is 1. The quantitative estimate of drug-likeness (QED) is 0.426. The maximum Gasteiger partial charge on any atom is 0.250 e. The molecule has 1 saturated heterocycles. The first-order chi connectivity index (χ1) is 15.0. The van der Waals surface area contributed by atoms with E-state index < -0.39 is 5.92 Å². The summed E-state index contributed by atoms with van der Waals surface area (Å²) in [6, 6.07) is 10.5. The second-order valence-corrected chi connectivity index (χ2v) is 8.65. The molecule has 5 nitrogen and oxygen atoms in total. The van der Waals surface area contributed by atoms with E-state index in [4.69, 9.17) is 9.15 Å². The van der Waals surface area contributed by atoms with Crippen LogP contribution in [-0.2, 0) is 0 Å². The summed E-state index contributed by atoms with van der Waals surface area (Å²) in [5.41, 5.74) is 0.899. The van der Waals surface area contributed by atoms with Gasteiger partial charge in [0, 0.05) is 54.8 Å². The van der Waals surface area contributed by atoms with E-state index in [-0.39, 0.29) is 18.3 Å². The fourth-order valence-corrected chi connectivity index (χ4v) is 4.54. The minimum absolute atomic E-state index is 0.110. The molecule has 31 heavy (non-hydrogen) atoms. The van der Waals surface area contributed by atoms with Crippen LogP contribution in [0.5, 0.6) is 5.75 Å². The number of likely N-dealkylation sites (tertiary alicyclic amines) is 1. The molecule has 4 heterocycles. The molecule has 0 aliphatic carbocycles. The predicted molar refractivity (Wildman–Crippen MR) is 117 cm³/mol. The zero-order valence-corrected chi connectivity index (χ0v) is 17.5. The Labute approximate surface area is 180 Å².